The van der Waals surface area contributed by atoms with Gasteiger partial charge in [0.1, 0.15) is 0 Å². The number of aryl methyl sites for hydroxylation is 2. The van der Waals surface area contributed by atoms with Gasteiger partial charge in [0.2, 0.25) is 0 Å². The third kappa shape index (κ3) is 8.05. The molecule has 12 heteroatoms. The average Bonchev–Trinajstić information content (AvgIpc) is 3.34. The second-order valence-corrected chi connectivity index (χ2v) is 15.1. The SMILES string of the molecule is CCC(/C=C1\Sc2ccc(C)cc2N1CCCS(=O)(=O)O)=C\C1Sc2ccc(C)cc2N1CCCS(=O)(=O)O. The largest absolute Gasteiger partial charge is 0.355 e. The number of hydrogen-bond acceptors (Lipinski definition) is 8. The molecule has 2 aromatic carbocycles. The Morgan fingerprint density at radius 3 is 2.10 bits per heavy atom. The Bertz CT molecular complexity index is 1500. The van der Waals surface area contributed by atoms with Crippen LogP contribution in [0.15, 0.2) is 68.9 Å². The summed E-state index contributed by atoms with van der Waals surface area (Å²) in [5.41, 5.74) is 5.42. The van der Waals surface area contributed by atoms with Crippen molar-refractivity contribution in [2.45, 2.75) is 55.2 Å². The normalized spacial score (nSPS) is 18.6. The smallest absolute Gasteiger partial charge is 0.264 e. The van der Waals surface area contributed by atoms with Gasteiger partial charge in [-0.15, -0.1) is 0 Å². The highest BCUT2D eigenvalue weighted by atomic mass is 32.2. The summed E-state index contributed by atoms with van der Waals surface area (Å²) >= 11 is 3.35. The molecule has 0 radical (unpaired) electrons. The number of fused-ring (bicyclic) bond motifs is 2. The summed E-state index contributed by atoms with van der Waals surface area (Å²) in [5, 5.41) is 0.951. The monoisotopic (exact) mass is 610 g/mol. The van der Waals surface area contributed by atoms with Gasteiger partial charge in [0.25, 0.3) is 20.2 Å². The number of anilines is 2. The van der Waals surface area contributed by atoms with E-state index in [-0.39, 0.29) is 16.9 Å². The predicted octanol–water partition coefficient (Wildman–Crippen LogP) is 5.89. The van der Waals surface area contributed by atoms with Gasteiger partial charge in [0.15, 0.2) is 0 Å². The van der Waals surface area contributed by atoms with E-state index in [4.69, 9.17) is 0 Å². The summed E-state index contributed by atoms with van der Waals surface area (Å²) in [7, 11) is -8.08. The number of allylic oxidation sites excluding steroid dienone is 2. The van der Waals surface area contributed by atoms with Crippen molar-refractivity contribution in [1.82, 2.24) is 0 Å². The van der Waals surface area contributed by atoms with Gasteiger partial charge in [-0.25, -0.2) is 0 Å². The van der Waals surface area contributed by atoms with Gasteiger partial charge in [-0.05, 0) is 86.2 Å². The Morgan fingerprint density at radius 1 is 0.897 bits per heavy atom. The fraction of sp³-hybridized carbons (Fsp3) is 0.407. The third-order valence-corrected chi connectivity index (χ3v) is 10.5. The minimum atomic E-state index is -4.04. The highest BCUT2D eigenvalue weighted by Gasteiger charge is 2.30. The first-order valence-electron chi connectivity index (χ1n) is 12.8. The molecule has 0 spiro atoms. The number of benzene rings is 2. The summed E-state index contributed by atoms with van der Waals surface area (Å²) in [5.74, 6) is -0.586. The zero-order valence-corrected chi connectivity index (χ0v) is 25.5. The Labute approximate surface area is 240 Å². The highest BCUT2D eigenvalue weighted by molar-refractivity contribution is 8.03. The van der Waals surface area contributed by atoms with Crippen molar-refractivity contribution >= 4 is 55.1 Å². The molecule has 0 amide bonds. The minimum absolute atomic E-state index is 0.0426. The van der Waals surface area contributed by atoms with E-state index in [0.29, 0.717) is 25.9 Å². The lowest BCUT2D eigenvalue weighted by atomic mass is 10.1. The molecule has 2 aromatic rings. The Hall–Kier alpha value is -1.96. The molecule has 1 atom stereocenters. The van der Waals surface area contributed by atoms with E-state index < -0.39 is 20.2 Å². The van der Waals surface area contributed by atoms with E-state index in [2.05, 4.69) is 65.3 Å². The van der Waals surface area contributed by atoms with E-state index in [1.807, 2.05) is 13.8 Å². The number of hydrogen-bond donors (Lipinski definition) is 2. The molecular formula is C27H34N2O6S4. The van der Waals surface area contributed by atoms with Crippen molar-refractivity contribution in [2.24, 2.45) is 0 Å². The van der Waals surface area contributed by atoms with Crippen LogP contribution in [0, 0.1) is 13.8 Å². The van der Waals surface area contributed by atoms with Crippen molar-refractivity contribution in [3.05, 3.63) is 70.3 Å². The van der Waals surface area contributed by atoms with E-state index in [1.54, 1.807) is 23.5 Å². The molecule has 212 valence electrons. The van der Waals surface area contributed by atoms with Crippen molar-refractivity contribution in [2.75, 3.05) is 34.4 Å². The van der Waals surface area contributed by atoms with Crippen molar-refractivity contribution < 1.29 is 25.9 Å². The van der Waals surface area contributed by atoms with E-state index >= 15 is 0 Å². The maximum atomic E-state index is 11.3. The van der Waals surface area contributed by atoms with Crippen molar-refractivity contribution in [3.8, 4) is 0 Å². The van der Waals surface area contributed by atoms with Crippen LogP contribution in [0.1, 0.15) is 37.3 Å². The lowest BCUT2D eigenvalue weighted by molar-refractivity contribution is 0.479. The van der Waals surface area contributed by atoms with Gasteiger partial charge >= 0.3 is 0 Å². The molecule has 2 aliphatic rings. The van der Waals surface area contributed by atoms with Crippen LogP contribution in [0.3, 0.4) is 0 Å². The summed E-state index contributed by atoms with van der Waals surface area (Å²) in [6, 6.07) is 12.5. The number of thioether (sulfide) groups is 2. The van der Waals surface area contributed by atoms with Crippen LogP contribution in [0.5, 0.6) is 0 Å². The molecule has 8 nitrogen and oxygen atoms in total. The summed E-state index contributed by atoms with van der Waals surface area (Å²) in [6.07, 6.45) is 5.71. The third-order valence-electron chi connectivity index (χ3n) is 6.52. The second kappa shape index (κ2) is 12.3. The van der Waals surface area contributed by atoms with Gasteiger partial charge in [-0.3, -0.25) is 9.11 Å². The molecule has 0 saturated carbocycles. The van der Waals surface area contributed by atoms with Crippen LogP contribution in [-0.2, 0) is 20.2 Å². The summed E-state index contributed by atoms with van der Waals surface area (Å²) in [4.78, 5) is 6.53. The first-order valence-corrected chi connectivity index (χ1v) is 17.7. The van der Waals surface area contributed by atoms with E-state index in [0.717, 1.165) is 49.3 Å². The lowest BCUT2D eigenvalue weighted by Gasteiger charge is -2.25. The first kappa shape index (κ1) is 30.0. The Kier molecular flexibility index (Phi) is 9.45. The molecule has 0 aliphatic carbocycles. The van der Waals surface area contributed by atoms with Crippen molar-refractivity contribution in [1.29, 1.82) is 0 Å². The van der Waals surface area contributed by atoms with Gasteiger partial charge in [-0.2, -0.15) is 16.8 Å². The molecule has 1 unspecified atom stereocenters. The quantitative estimate of drug-likeness (QED) is 0.299. The maximum Gasteiger partial charge on any atom is 0.264 e. The molecule has 0 bridgehead atoms. The molecule has 2 heterocycles. The van der Waals surface area contributed by atoms with Crippen LogP contribution in [0.2, 0.25) is 0 Å². The average molecular weight is 611 g/mol. The summed E-state index contributed by atoms with van der Waals surface area (Å²) in [6.45, 7) is 7.07. The summed E-state index contributed by atoms with van der Waals surface area (Å²) < 4.78 is 63.8. The van der Waals surface area contributed by atoms with Crippen LogP contribution in [0.4, 0.5) is 11.4 Å². The van der Waals surface area contributed by atoms with E-state index in [1.165, 1.54) is 0 Å². The van der Waals surface area contributed by atoms with Gasteiger partial charge in [0.05, 0.1) is 33.3 Å². The second-order valence-electron chi connectivity index (χ2n) is 9.75. The molecule has 2 aliphatic heterocycles. The minimum Gasteiger partial charge on any atom is -0.355 e. The molecule has 0 fully saturated rings. The van der Waals surface area contributed by atoms with Crippen LogP contribution < -0.4 is 9.80 Å². The van der Waals surface area contributed by atoms with Gasteiger partial charge in [0, 0.05) is 22.9 Å². The van der Waals surface area contributed by atoms with Gasteiger partial charge < -0.3 is 9.80 Å². The molecule has 39 heavy (non-hydrogen) atoms. The van der Waals surface area contributed by atoms with Crippen molar-refractivity contribution in [3.63, 3.8) is 0 Å². The zero-order valence-electron chi connectivity index (χ0n) is 22.2. The van der Waals surface area contributed by atoms with Crippen LogP contribution in [0.25, 0.3) is 0 Å². The topological polar surface area (TPSA) is 115 Å². The Morgan fingerprint density at radius 2 is 1.49 bits per heavy atom. The highest BCUT2D eigenvalue weighted by Crippen LogP contribution is 2.48. The number of nitrogens with zero attached hydrogens (tertiary/aromatic N) is 2. The van der Waals surface area contributed by atoms with Crippen LogP contribution >= 0.6 is 23.5 Å². The fourth-order valence-corrected chi connectivity index (χ4v) is 8.06. The molecular weight excluding hydrogens is 577 g/mol. The lowest BCUT2D eigenvalue weighted by Crippen LogP contribution is -2.30. The van der Waals surface area contributed by atoms with E-state index in [9.17, 15) is 25.9 Å². The standard InChI is InChI=1S/C27H34N2O6S4/c1-4-21(17-26-28(11-5-13-38(30,31)32)22-15-19(2)7-9-24(22)36-26)18-27-29(12-6-14-39(33,34)35)23-16-20(3)8-10-25(23)37-27/h7-10,15-18,26H,4-6,11-14H2,1-3H3,(H,30,31,32)(H,33,34,35)/b21-17+,27-18-. The zero-order chi connectivity index (χ0) is 28.4. The molecule has 2 N–H and O–H groups in total. The first-order chi connectivity index (χ1) is 18.3. The van der Waals surface area contributed by atoms with Crippen LogP contribution in [-0.4, -0.2) is 55.9 Å². The Balaban J connectivity index is 1.62. The fourth-order valence-electron chi connectivity index (χ4n) is 4.64. The molecule has 4 rings (SSSR count). The van der Waals surface area contributed by atoms with Gasteiger partial charge in [-0.1, -0.05) is 42.6 Å². The number of rotatable bonds is 11. The molecule has 0 aromatic heterocycles. The maximum absolute atomic E-state index is 11.3. The predicted molar refractivity (Wildman–Crippen MR) is 161 cm³/mol. The molecule has 0 saturated heterocycles.